The van der Waals surface area contributed by atoms with Crippen molar-refractivity contribution in [1.82, 2.24) is 5.32 Å². The molecule has 0 saturated heterocycles. The van der Waals surface area contributed by atoms with Gasteiger partial charge >= 0.3 is 6.09 Å². The van der Waals surface area contributed by atoms with Crippen molar-refractivity contribution in [1.29, 1.82) is 0 Å². The summed E-state index contributed by atoms with van der Waals surface area (Å²) in [4.78, 5) is 10.4. The summed E-state index contributed by atoms with van der Waals surface area (Å²) in [5.41, 5.74) is 5.48. The second kappa shape index (κ2) is 5.17. The van der Waals surface area contributed by atoms with Gasteiger partial charge in [0.2, 0.25) is 0 Å². The average Bonchev–Trinajstić information content (AvgIpc) is 1.99. The maximum atomic E-state index is 10.4. The third-order valence-corrected chi connectivity index (χ3v) is 2.23. The van der Waals surface area contributed by atoms with Gasteiger partial charge in [0.05, 0.1) is 0 Å². The van der Waals surface area contributed by atoms with Gasteiger partial charge < -0.3 is 20.9 Å². The minimum absolute atomic E-state index is 0.135. The normalized spacial score (nSPS) is 16.1. The van der Waals surface area contributed by atoms with E-state index in [1.807, 2.05) is 13.8 Å². The molecule has 14 heavy (non-hydrogen) atoms. The Balaban J connectivity index is 4.13. The molecule has 0 aromatic heterocycles. The molecule has 2 unspecified atom stereocenters. The molecule has 0 aromatic carbocycles. The third-order valence-electron chi connectivity index (χ3n) is 2.23. The fraction of sp³-hybridized carbons (Fsp3) is 0.889. The van der Waals surface area contributed by atoms with Crippen LogP contribution in [-0.4, -0.2) is 30.6 Å². The molecule has 84 valence electrons. The number of nitrogens with one attached hydrogen (secondary N) is 1. The van der Waals surface area contributed by atoms with E-state index in [1.54, 1.807) is 14.0 Å². The monoisotopic (exact) mass is 204 g/mol. The average molecular weight is 204 g/mol. The van der Waals surface area contributed by atoms with Gasteiger partial charge in [0, 0.05) is 18.6 Å². The lowest BCUT2D eigenvalue weighted by atomic mass is 9.84. The second-order valence-electron chi connectivity index (χ2n) is 4.20. The topological polar surface area (TPSA) is 84.6 Å². The summed E-state index contributed by atoms with van der Waals surface area (Å²) in [5.74, 6) is 0. The number of methoxy groups -OCH3 is 1. The molecule has 0 saturated carbocycles. The van der Waals surface area contributed by atoms with Crippen LogP contribution in [0.5, 0.6) is 0 Å². The van der Waals surface area contributed by atoms with Crippen LogP contribution in [-0.2, 0) is 4.74 Å². The Bertz CT molecular complexity index is 194. The molecular weight excluding hydrogens is 184 g/mol. The number of amides is 1. The highest BCUT2D eigenvalue weighted by molar-refractivity contribution is 5.64. The van der Waals surface area contributed by atoms with E-state index in [0.717, 1.165) is 0 Å². The SMILES string of the molecule is COC(N)C(C)(C)CC(C)NC(=O)O. The molecular formula is C9H20N2O3. The van der Waals surface area contributed by atoms with Crippen LogP contribution < -0.4 is 11.1 Å². The predicted molar refractivity (Wildman–Crippen MR) is 54.0 cm³/mol. The molecule has 0 fully saturated rings. The zero-order valence-electron chi connectivity index (χ0n) is 9.20. The molecule has 5 nitrogen and oxygen atoms in total. The molecule has 5 heteroatoms. The molecule has 0 radical (unpaired) electrons. The second-order valence-corrected chi connectivity index (χ2v) is 4.20. The van der Waals surface area contributed by atoms with E-state index in [2.05, 4.69) is 5.32 Å². The fourth-order valence-corrected chi connectivity index (χ4v) is 1.49. The highest BCUT2D eigenvalue weighted by atomic mass is 16.5. The first-order valence-corrected chi connectivity index (χ1v) is 4.57. The van der Waals surface area contributed by atoms with E-state index >= 15 is 0 Å². The van der Waals surface area contributed by atoms with Gasteiger partial charge in [-0.15, -0.1) is 0 Å². The van der Waals surface area contributed by atoms with Crippen molar-refractivity contribution in [2.75, 3.05) is 7.11 Å². The standard InChI is InChI=1S/C9H20N2O3/c1-6(11-8(12)13)5-9(2,3)7(10)14-4/h6-7,11H,5,10H2,1-4H3,(H,12,13). The molecule has 0 rings (SSSR count). The molecule has 0 aliphatic carbocycles. The van der Waals surface area contributed by atoms with E-state index < -0.39 is 6.09 Å². The zero-order chi connectivity index (χ0) is 11.4. The predicted octanol–water partition coefficient (Wildman–Crippen LogP) is 0.990. The first kappa shape index (κ1) is 13.2. The van der Waals surface area contributed by atoms with Gasteiger partial charge in [-0.1, -0.05) is 13.8 Å². The minimum Gasteiger partial charge on any atom is -0.465 e. The Morgan fingerprint density at radius 3 is 2.50 bits per heavy atom. The van der Waals surface area contributed by atoms with Crippen LogP contribution in [0.3, 0.4) is 0 Å². The summed E-state index contributed by atoms with van der Waals surface area (Å²) in [6.07, 6.45) is -0.770. The number of nitrogens with two attached hydrogens (primary N) is 1. The van der Waals surface area contributed by atoms with E-state index in [9.17, 15) is 4.79 Å². The van der Waals surface area contributed by atoms with Gasteiger partial charge in [-0.3, -0.25) is 0 Å². The smallest absolute Gasteiger partial charge is 0.404 e. The molecule has 0 aliphatic rings. The van der Waals surface area contributed by atoms with Crippen molar-refractivity contribution in [2.24, 2.45) is 11.1 Å². The van der Waals surface area contributed by atoms with E-state index in [4.69, 9.17) is 15.6 Å². The van der Waals surface area contributed by atoms with E-state index in [1.165, 1.54) is 0 Å². The Morgan fingerprint density at radius 2 is 2.14 bits per heavy atom. The van der Waals surface area contributed by atoms with Gasteiger partial charge in [0.25, 0.3) is 0 Å². The van der Waals surface area contributed by atoms with Crippen molar-refractivity contribution in [2.45, 2.75) is 39.5 Å². The Hall–Kier alpha value is -0.810. The van der Waals surface area contributed by atoms with E-state index in [0.29, 0.717) is 6.42 Å². The number of rotatable bonds is 5. The molecule has 0 bridgehead atoms. The summed E-state index contributed by atoms with van der Waals surface area (Å²) in [5, 5.41) is 10.9. The van der Waals surface area contributed by atoms with E-state index in [-0.39, 0.29) is 17.7 Å². The Morgan fingerprint density at radius 1 is 1.64 bits per heavy atom. The summed E-state index contributed by atoms with van der Waals surface area (Å²) in [6.45, 7) is 5.70. The fourth-order valence-electron chi connectivity index (χ4n) is 1.49. The molecule has 4 N–H and O–H groups in total. The summed E-state index contributed by atoms with van der Waals surface area (Å²) in [6, 6.07) is -0.135. The highest BCUT2D eigenvalue weighted by Gasteiger charge is 2.28. The lowest BCUT2D eigenvalue weighted by Gasteiger charge is -2.32. The van der Waals surface area contributed by atoms with Gasteiger partial charge in [0.15, 0.2) is 0 Å². The van der Waals surface area contributed by atoms with Gasteiger partial charge in [0.1, 0.15) is 6.23 Å². The summed E-state index contributed by atoms with van der Waals surface area (Å²) < 4.78 is 5.02. The van der Waals surface area contributed by atoms with Crippen LogP contribution in [0.15, 0.2) is 0 Å². The molecule has 0 aliphatic heterocycles. The lowest BCUT2D eigenvalue weighted by Crippen LogP contribution is -2.44. The maximum absolute atomic E-state index is 10.4. The number of hydrogen-bond donors (Lipinski definition) is 3. The minimum atomic E-state index is -1.01. The Labute approximate surface area is 84.6 Å². The quantitative estimate of drug-likeness (QED) is 0.583. The third kappa shape index (κ3) is 4.43. The van der Waals surface area contributed by atoms with Crippen LogP contribution in [0.4, 0.5) is 4.79 Å². The molecule has 0 aromatic rings. The van der Waals surface area contributed by atoms with Crippen molar-refractivity contribution >= 4 is 6.09 Å². The van der Waals surface area contributed by atoms with Crippen LogP contribution in [0.1, 0.15) is 27.2 Å². The first-order chi connectivity index (χ1) is 6.29. The van der Waals surface area contributed by atoms with Crippen LogP contribution in [0, 0.1) is 5.41 Å². The first-order valence-electron chi connectivity index (χ1n) is 4.57. The summed E-state index contributed by atoms with van der Waals surface area (Å²) in [7, 11) is 1.54. The zero-order valence-corrected chi connectivity index (χ0v) is 9.20. The van der Waals surface area contributed by atoms with Gasteiger partial charge in [-0.05, 0) is 13.3 Å². The van der Waals surface area contributed by atoms with Crippen molar-refractivity contribution in [3.8, 4) is 0 Å². The van der Waals surface area contributed by atoms with Gasteiger partial charge in [-0.2, -0.15) is 0 Å². The lowest BCUT2D eigenvalue weighted by molar-refractivity contribution is 0.00281. The van der Waals surface area contributed by atoms with Crippen molar-refractivity contribution in [3.63, 3.8) is 0 Å². The molecule has 0 heterocycles. The molecule has 2 atom stereocenters. The van der Waals surface area contributed by atoms with Crippen LogP contribution in [0.25, 0.3) is 0 Å². The summed E-state index contributed by atoms with van der Waals surface area (Å²) >= 11 is 0. The number of carboxylic acid groups (broad SMARTS) is 1. The van der Waals surface area contributed by atoms with Crippen molar-refractivity contribution in [3.05, 3.63) is 0 Å². The van der Waals surface area contributed by atoms with Crippen molar-refractivity contribution < 1.29 is 14.6 Å². The van der Waals surface area contributed by atoms with Gasteiger partial charge in [-0.25, -0.2) is 4.79 Å². The molecule has 1 amide bonds. The largest absolute Gasteiger partial charge is 0.465 e. The molecule has 0 spiro atoms. The van der Waals surface area contributed by atoms with Crippen LogP contribution >= 0.6 is 0 Å². The maximum Gasteiger partial charge on any atom is 0.404 e. The number of hydrogen-bond acceptors (Lipinski definition) is 3. The Kier molecular flexibility index (Phi) is 4.87. The number of ether oxygens (including phenoxy) is 1. The van der Waals surface area contributed by atoms with Crippen LogP contribution in [0.2, 0.25) is 0 Å². The number of carbonyl (C=O) groups is 1. The highest BCUT2D eigenvalue weighted by Crippen LogP contribution is 2.25.